The summed E-state index contributed by atoms with van der Waals surface area (Å²) in [6.07, 6.45) is 9.09. The Hall–Kier alpha value is -1.57. The topological polar surface area (TPSA) is 38.7 Å². The molecule has 5 atom stereocenters. The van der Waals surface area contributed by atoms with Crippen molar-refractivity contribution in [3.63, 3.8) is 0 Å². The van der Waals surface area contributed by atoms with E-state index in [9.17, 15) is 5.11 Å². The molecular weight excluding hydrogens is 619 g/mol. The van der Waals surface area contributed by atoms with Gasteiger partial charge in [-0.25, -0.2) is 0 Å². The molecule has 276 valence electrons. The van der Waals surface area contributed by atoms with Gasteiger partial charge in [0, 0.05) is 23.2 Å². The Morgan fingerprint density at radius 3 is 1.90 bits per heavy atom. The predicted molar refractivity (Wildman–Crippen MR) is 213 cm³/mol. The molecule has 2 aliphatic rings. The van der Waals surface area contributed by atoms with Crippen LogP contribution in [0.3, 0.4) is 0 Å². The van der Waals surface area contributed by atoms with Crippen molar-refractivity contribution < 1.29 is 14.2 Å². The number of phenolic OH excluding ortho intramolecular Hbond substituents is 1. The Labute approximate surface area is 303 Å². The number of phenols is 1. The van der Waals surface area contributed by atoms with Crippen LogP contribution in [0.5, 0.6) is 11.5 Å². The SMILES string of the molecule is Cc1cc(CCCCCP2Oc3c(cc(C(C)(C)C)cc3C(C)(C)C)C3CCC(C(C)(C)C)CC(C(C)(C)C)C3O2)cc(C(C)(C)C)c1O. The maximum Gasteiger partial charge on any atom is 0.230 e. The van der Waals surface area contributed by atoms with Crippen molar-refractivity contribution in [3.05, 3.63) is 57.6 Å². The van der Waals surface area contributed by atoms with Gasteiger partial charge in [0.25, 0.3) is 0 Å². The minimum atomic E-state index is -1.09. The van der Waals surface area contributed by atoms with E-state index in [4.69, 9.17) is 9.05 Å². The molecule has 4 rings (SSSR count). The number of unbranched alkanes of at least 4 members (excludes halogenated alkanes) is 2. The quantitative estimate of drug-likeness (QED) is 0.242. The third kappa shape index (κ3) is 9.66. The summed E-state index contributed by atoms with van der Waals surface area (Å²) in [5, 5.41) is 10.7. The Bertz CT molecular complexity index is 1440. The fourth-order valence-corrected chi connectivity index (χ4v) is 9.88. The molecular formula is C45H73O3P. The molecule has 2 aromatic carbocycles. The Kier molecular flexibility index (Phi) is 11.9. The van der Waals surface area contributed by atoms with E-state index in [2.05, 4.69) is 128 Å². The van der Waals surface area contributed by atoms with Gasteiger partial charge < -0.3 is 14.2 Å². The van der Waals surface area contributed by atoms with Crippen molar-refractivity contribution >= 4 is 8.38 Å². The van der Waals surface area contributed by atoms with E-state index in [-0.39, 0.29) is 33.2 Å². The Balaban J connectivity index is 1.68. The van der Waals surface area contributed by atoms with Gasteiger partial charge in [-0.1, -0.05) is 135 Å². The van der Waals surface area contributed by atoms with Crippen LogP contribution in [0, 0.1) is 29.6 Å². The summed E-state index contributed by atoms with van der Waals surface area (Å²) in [7, 11) is -1.09. The number of benzene rings is 2. The monoisotopic (exact) mass is 693 g/mol. The molecule has 1 heterocycles. The van der Waals surface area contributed by atoms with E-state index >= 15 is 0 Å². The first-order valence-corrected chi connectivity index (χ1v) is 20.8. The maximum absolute atomic E-state index is 10.7. The molecule has 1 N–H and O–H groups in total. The second-order valence-electron chi connectivity index (χ2n) is 21.0. The fraction of sp³-hybridized carbons (Fsp3) is 0.733. The average Bonchev–Trinajstić information content (AvgIpc) is 3.21. The fourth-order valence-electron chi connectivity index (χ4n) is 8.19. The molecule has 0 aromatic heterocycles. The van der Waals surface area contributed by atoms with Crippen LogP contribution < -0.4 is 4.52 Å². The zero-order valence-electron chi connectivity index (χ0n) is 34.5. The van der Waals surface area contributed by atoms with Gasteiger partial charge >= 0.3 is 0 Å². The van der Waals surface area contributed by atoms with Crippen LogP contribution in [0.2, 0.25) is 0 Å². The number of aromatic hydroxyl groups is 1. The van der Waals surface area contributed by atoms with Crippen molar-refractivity contribution in [3.8, 4) is 11.5 Å². The smallest absolute Gasteiger partial charge is 0.230 e. The Morgan fingerprint density at radius 2 is 1.35 bits per heavy atom. The molecule has 1 saturated carbocycles. The summed E-state index contributed by atoms with van der Waals surface area (Å²) in [6.45, 7) is 37.3. The molecule has 2 aromatic rings. The minimum Gasteiger partial charge on any atom is -0.507 e. The van der Waals surface area contributed by atoms with E-state index in [1.807, 2.05) is 6.92 Å². The first-order valence-electron chi connectivity index (χ1n) is 19.4. The van der Waals surface area contributed by atoms with Gasteiger partial charge in [-0.15, -0.1) is 0 Å². The largest absolute Gasteiger partial charge is 0.507 e. The molecule has 0 amide bonds. The molecule has 0 radical (unpaired) electrons. The summed E-state index contributed by atoms with van der Waals surface area (Å²) < 4.78 is 14.7. The van der Waals surface area contributed by atoms with Gasteiger partial charge in [0.1, 0.15) is 11.5 Å². The zero-order valence-corrected chi connectivity index (χ0v) is 35.4. The third-order valence-corrected chi connectivity index (χ3v) is 13.1. The first-order chi connectivity index (χ1) is 22.3. The lowest BCUT2D eigenvalue weighted by molar-refractivity contribution is 0.0343. The van der Waals surface area contributed by atoms with Crippen LogP contribution in [0.25, 0.3) is 0 Å². The van der Waals surface area contributed by atoms with Crippen LogP contribution >= 0.6 is 8.38 Å². The number of aryl methyl sites for hydroxylation is 2. The highest BCUT2D eigenvalue weighted by Gasteiger charge is 2.48. The van der Waals surface area contributed by atoms with Crippen molar-refractivity contribution in [2.24, 2.45) is 22.7 Å². The second kappa shape index (κ2) is 14.5. The van der Waals surface area contributed by atoms with Gasteiger partial charge in [-0.3, -0.25) is 0 Å². The van der Waals surface area contributed by atoms with Crippen LogP contribution in [-0.4, -0.2) is 17.4 Å². The van der Waals surface area contributed by atoms with Crippen LogP contribution in [-0.2, 0) is 27.2 Å². The van der Waals surface area contributed by atoms with Crippen LogP contribution in [0.1, 0.15) is 182 Å². The average molecular weight is 693 g/mol. The molecule has 1 aliphatic heterocycles. The number of fused-ring (bicyclic) bond motifs is 3. The van der Waals surface area contributed by atoms with Gasteiger partial charge in [0.05, 0.1) is 6.10 Å². The first kappa shape index (κ1) is 40.2. The van der Waals surface area contributed by atoms with E-state index in [1.165, 1.54) is 35.1 Å². The molecule has 49 heavy (non-hydrogen) atoms. The van der Waals surface area contributed by atoms with E-state index < -0.39 is 8.38 Å². The molecule has 1 fully saturated rings. The summed E-state index contributed by atoms with van der Waals surface area (Å²) in [4.78, 5) is 0. The lowest BCUT2D eigenvalue weighted by Gasteiger charge is -2.41. The van der Waals surface area contributed by atoms with Gasteiger partial charge in [0.15, 0.2) is 0 Å². The van der Waals surface area contributed by atoms with Crippen molar-refractivity contribution in [2.75, 3.05) is 6.16 Å². The van der Waals surface area contributed by atoms with Gasteiger partial charge in [-0.05, 0) is 107 Å². The number of rotatable bonds is 6. The van der Waals surface area contributed by atoms with Crippen LogP contribution in [0.4, 0.5) is 0 Å². The van der Waals surface area contributed by atoms with E-state index in [0.717, 1.165) is 55.1 Å². The number of hydrogen-bond donors (Lipinski definition) is 1. The van der Waals surface area contributed by atoms with E-state index in [1.54, 1.807) is 0 Å². The Morgan fingerprint density at radius 1 is 0.714 bits per heavy atom. The molecule has 3 nitrogen and oxygen atoms in total. The number of hydrogen-bond acceptors (Lipinski definition) is 3. The van der Waals surface area contributed by atoms with Crippen molar-refractivity contribution in [1.29, 1.82) is 0 Å². The van der Waals surface area contributed by atoms with Gasteiger partial charge in [-0.2, -0.15) is 0 Å². The highest BCUT2D eigenvalue weighted by molar-refractivity contribution is 7.47. The molecule has 0 bridgehead atoms. The molecule has 1 aliphatic carbocycles. The predicted octanol–water partition coefficient (Wildman–Crippen LogP) is 13.7. The van der Waals surface area contributed by atoms with Crippen LogP contribution in [0.15, 0.2) is 24.3 Å². The lowest BCUT2D eigenvalue weighted by atomic mass is 9.67. The highest BCUT2D eigenvalue weighted by Crippen LogP contribution is 2.60. The molecule has 0 saturated heterocycles. The summed E-state index contributed by atoms with van der Waals surface area (Å²) in [5.41, 5.74) is 7.85. The van der Waals surface area contributed by atoms with E-state index in [0.29, 0.717) is 23.5 Å². The normalized spacial score (nSPS) is 24.0. The lowest BCUT2D eigenvalue weighted by Crippen LogP contribution is -2.38. The summed E-state index contributed by atoms with van der Waals surface area (Å²) in [5.74, 6) is 3.03. The standard InChI is InChI=1S/C45H73O3P/c1-29-24-30(25-35(38(29)46)43(8,9)10)20-18-17-19-23-49-47-39-33(22-21-31(41(2,3)4)27-36(39)44(11,12)13)34-26-32(42(5,6)7)28-37(40(34)48-49)45(14,15)16/h24-26,28,31,33,36,39,46H,17-23,27H2,1-16H3. The van der Waals surface area contributed by atoms with Crippen molar-refractivity contribution in [2.45, 2.75) is 184 Å². The highest BCUT2D eigenvalue weighted by atomic mass is 31.2. The maximum atomic E-state index is 10.7. The summed E-state index contributed by atoms with van der Waals surface area (Å²) >= 11 is 0. The van der Waals surface area contributed by atoms with Crippen molar-refractivity contribution in [1.82, 2.24) is 0 Å². The molecule has 0 spiro atoms. The minimum absolute atomic E-state index is 0.0392. The second-order valence-corrected chi connectivity index (χ2v) is 22.5. The third-order valence-electron chi connectivity index (χ3n) is 11.6. The molecule has 5 unspecified atom stereocenters. The van der Waals surface area contributed by atoms with Gasteiger partial charge in [0.2, 0.25) is 8.38 Å². The summed E-state index contributed by atoms with van der Waals surface area (Å²) in [6, 6.07) is 9.37. The zero-order chi connectivity index (χ0) is 36.9. The molecule has 4 heteroatoms.